The maximum atomic E-state index is 14.0. The highest BCUT2D eigenvalue weighted by Crippen LogP contribution is 2.40. The number of ether oxygens (including phenoxy) is 2. The van der Waals surface area contributed by atoms with Crippen LogP contribution in [0.1, 0.15) is 55.1 Å². The lowest BCUT2D eigenvalue weighted by atomic mass is 9.91. The van der Waals surface area contributed by atoms with E-state index in [1.807, 2.05) is 23.6 Å². The number of halogens is 1. The number of methoxy groups -OCH3 is 2. The van der Waals surface area contributed by atoms with Gasteiger partial charge in [0.2, 0.25) is 5.91 Å². The molecule has 190 valence electrons. The van der Waals surface area contributed by atoms with Crippen LogP contribution < -0.4 is 14.8 Å². The molecule has 5 rings (SSSR count). The number of fused-ring (bicyclic) bond motifs is 3. The Morgan fingerprint density at radius 1 is 1.06 bits per heavy atom. The van der Waals surface area contributed by atoms with Gasteiger partial charge in [-0.15, -0.1) is 0 Å². The van der Waals surface area contributed by atoms with Crippen LogP contribution in [0.15, 0.2) is 42.5 Å². The van der Waals surface area contributed by atoms with Gasteiger partial charge in [-0.1, -0.05) is 31.4 Å². The predicted octanol–water partition coefficient (Wildman–Crippen LogP) is 4.66. The molecule has 2 heterocycles. The fourth-order valence-corrected chi connectivity index (χ4v) is 5.56. The monoisotopic (exact) mass is 493 g/mol. The number of amides is 2. The molecule has 8 heteroatoms. The summed E-state index contributed by atoms with van der Waals surface area (Å²) in [5, 5.41) is 3.98. The molecule has 1 N–H and O–H groups in total. The Morgan fingerprint density at radius 3 is 2.39 bits per heavy atom. The quantitative estimate of drug-likeness (QED) is 0.542. The first-order chi connectivity index (χ1) is 17.4. The third-order valence-corrected chi connectivity index (χ3v) is 7.63. The molecule has 1 aliphatic heterocycles. The van der Waals surface area contributed by atoms with Crippen molar-refractivity contribution in [1.29, 1.82) is 0 Å². The first-order valence-corrected chi connectivity index (χ1v) is 12.5. The predicted molar refractivity (Wildman–Crippen MR) is 135 cm³/mol. The highest BCUT2D eigenvalue weighted by molar-refractivity contribution is 6.05. The SMILES string of the molecule is COc1ccc(OC)c2c1cc1n2C[C@](C)(C(=O)NC2CCCCC2)N(Cc2ccc(F)cc2)C1=O. The van der Waals surface area contributed by atoms with Crippen LogP contribution in [0.3, 0.4) is 0 Å². The molecule has 1 aromatic heterocycles. The second-order valence-corrected chi connectivity index (χ2v) is 9.95. The first-order valence-electron chi connectivity index (χ1n) is 12.5. The van der Waals surface area contributed by atoms with Crippen LogP contribution in [0.5, 0.6) is 11.5 Å². The molecule has 0 saturated heterocycles. The van der Waals surface area contributed by atoms with Crippen molar-refractivity contribution in [3.63, 3.8) is 0 Å². The molecule has 1 saturated carbocycles. The molecule has 0 unspecified atom stereocenters. The number of nitrogens with zero attached hydrogens (tertiary/aromatic N) is 2. The molecule has 36 heavy (non-hydrogen) atoms. The van der Waals surface area contributed by atoms with Gasteiger partial charge in [-0.25, -0.2) is 4.39 Å². The maximum absolute atomic E-state index is 14.0. The fraction of sp³-hybridized carbons (Fsp3) is 0.429. The summed E-state index contributed by atoms with van der Waals surface area (Å²) in [6, 6.07) is 11.6. The number of carbonyl (C=O) groups excluding carboxylic acids is 2. The second kappa shape index (κ2) is 9.48. The summed E-state index contributed by atoms with van der Waals surface area (Å²) < 4.78 is 26.6. The van der Waals surface area contributed by atoms with Crippen LogP contribution in [0.25, 0.3) is 10.9 Å². The van der Waals surface area contributed by atoms with Gasteiger partial charge in [0.05, 0.1) is 26.3 Å². The van der Waals surface area contributed by atoms with Crippen LogP contribution in [0, 0.1) is 5.82 Å². The van der Waals surface area contributed by atoms with Gasteiger partial charge in [0, 0.05) is 18.0 Å². The molecule has 2 aromatic carbocycles. The molecule has 1 fully saturated rings. The average Bonchev–Trinajstić information content (AvgIpc) is 3.27. The van der Waals surface area contributed by atoms with Gasteiger partial charge < -0.3 is 24.3 Å². The van der Waals surface area contributed by atoms with E-state index < -0.39 is 5.54 Å². The van der Waals surface area contributed by atoms with E-state index >= 15 is 0 Å². The Kier molecular flexibility index (Phi) is 6.36. The third kappa shape index (κ3) is 4.08. The smallest absolute Gasteiger partial charge is 0.271 e. The summed E-state index contributed by atoms with van der Waals surface area (Å²) in [6.07, 6.45) is 5.23. The molecule has 0 radical (unpaired) electrons. The zero-order valence-electron chi connectivity index (χ0n) is 21.0. The van der Waals surface area contributed by atoms with Crippen LogP contribution in [0.2, 0.25) is 0 Å². The van der Waals surface area contributed by atoms with Crippen molar-refractivity contribution >= 4 is 22.7 Å². The van der Waals surface area contributed by atoms with E-state index in [-0.39, 0.29) is 36.8 Å². The van der Waals surface area contributed by atoms with Gasteiger partial charge in [0.25, 0.3) is 5.91 Å². The first kappa shape index (κ1) is 24.2. The molecule has 2 aliphatic rings. The van der Waals surface area contributed by atoms with Crippen LogP contribution in [0.4, 0.5) is 4.39 Å². The average molecular weight is 494 g/mol. The van der Waals surface area contributed by atoms with Crippen molar-refractivity contribution in [1.82, 2.24) is 14.8 Å². The van der Waals surface area contributed by atoms with Gasteiger partial charge in [-0.05, 0) is 55.7 Å². The van der Waals surface area contributed by atoms with E-state index in [1.54, 1.807) is 37.3 Å². The van der Waals surface area contributed by atoms with E-state index in [4.69, 9.17) is 9.47 Å². The molecule has 1 aliphatic carbocycles. The Bertz CT molecular complexity index is 1300. The molecule has 3 aromatic rings. The van der Waals surface area contributed by atoms with Crippen molar-refractivity contribution < 1.29 is 23.5 Å². The minimum Gasteiger partial charge on any atom is -0.496 e. The minimum absolute atomic E-state index is 0.100. The topological polar surface area (TPSA) is 72.8 Å². The second-order valence-electron chi connectivity index (χ2n) is 9.95. The standard InChI is InChI=1S/C28H32FN3O4/c1-28(27(34)30-20-7-5-4-6-8-20)17-31-22(15-21-23(35-2)13-14-24(36-3)25(21)31)26(33)32(28)16-18-9-11-19(29)12-10-18/h9-15,20H,4-8,16-17H2,1-3H3,(H,30,34)/t28-/m1/s1. The van der Waals surface area contributed by atoms with E-state index in [1.165, 1.54) is 18.6 Å². The van der Waals surface area contributed by atoms with Gasteiger partial charge in [-0.3, -0.25) is 9.59 Å². The minimum atomic E-state index is -1.17. The van der Waals surface area contributed by atoms with Crippen LogP contribution in [-0.4, -0.2) is 47.1 Å². The lowest BCUT2D eigenvalue weighted by Gasteiger charge is -2.45. The lowest BCUT2D eigenvalue weighted by molar-refractivity contribution is -0.134. The van der Waals surface area contributed by atoms with Gasteiger partial charge in [0.1, 0.15) is 28.5 Å². The van der Waals surface area contributed by atoms with Crippen molar-refractivity contribution in [2.75, 3.05) is 14.2 Å². The van der Waals surface area contributed by atoms with Crippen LogP contribution in [-0.2, 0) is 17.9 Å². The zero-order chi connectivity index (χ0) is 25.4. The molecule has 2 amide bonds. The summed E-state index contributed by atoms with van der Waals surface area (Å²) in [5.41, 5.74) is 0.757. The van der Waals surface area contributed by atoms with Gasteiger partial charge in [0.15, 0.2) is 0 Å². The van der Waals surface area contributed by atoms with Crippen molar-refractivity contribution in [3.8, 4) is 11.5 Å². The summed E-state index contributed by atoms with van der Waals surface area (Å²) in [5.74, 6) is 0.429. The van der Waals surface area contributed by atoms with E-state index in [9.17, 15) is 14.0 Å². The number of hydrogen-bond acceptors (Lipinski definition) is 4. The number of hydrogen-bond donors (Lipinski definition) is 1. The summed E-state index contributed by atoms with van der Waals surface area (Å²) in [4.78, 5) is 29.6. The number of carbonyl (C=O) groups is 2. The normalized spacial score (nSPS) is 20.3. The molecule has 7 nitrogen and oxygen atoms in total. The molecule has 0 bridgehead atoms. The number of benzene rings is 2. The fourth-order valence-electron chi connectivity index (χ4n) is 5.56. The Hall–Kier alpha value is -3.55. The third-order valence-electron chi connectivity index (χ3n) is 7.63. The van der Waals surface area contributed by atoms with E-state index in [0.29, 0.717) is 17.2 Å². The lowest BCUT2D eigenvalue weighted by Crippen LogP contribution is -2.64. The Labute approximate surface area is 210 Å². The van der Waals surface area contributed by atoms with E-state index in [0.717, 1.165) is 42.1 Å². The van der Waals surface area contributed by atoms with E-state index in [2.05, 4.69) is 5.32 Å². The van der Waals surface area contributed by atoms with Gasteiger partial charge >= 0.3 is 0 Å². The summed E-state index contributed by atoms with van der Waals surface area (Å²) in [6.45, 7) is 2.25. The number of nitrogens with one attached hydrogen (secondary N) is 1. The Balaban J connectivity index is 1.61. The summed E-state index contributed by atoms with van der Waals surface area (Å²) >= 11 is 0. The molecule has 1 atom stereocenters. The molecule has 0 spiro atoms. The highest BCUT2D eigenvalue weighted by atomic mass is 19.1. The summed E-state index contributed by atoms with van der Waals surface area (Å²) in [7, 11) is 3.17. The van der Waals surface area contributed by atoms with Crippen LogP contribution >= 0.6 is 0 Å². The number of rotatable bonds is 6. The van der Waals surface area contributed by atoms with Crippen molar-refractivity contribution in [2.24, 2.45) is 0 Å². The maximum Gasteiger partial charge on any atom is 0.271 e. The molecular weight excluding hydrogens is 461 g/mol. The molecular formula is C28H32FN3O4. The zero-order valence-corrected chi connectivity index (χ0v) is 21.0. The van der Waals surface area contributed by atoms with Gasteiger partial charge in [-0.2, -0.15) is 0 Å². The largest absolute Gasteiger partial charge is 0.496 e. The van der Waals surface area contributed by atoms with Crippen molar-refractivity contribution in [2.45, 2.75) is 63.7 Å². The Morgan fingerprint density at radius 2 is 1.72 bits per heavy atom. The van der Waals surface area contributed by atoms with Crippen molar-refractivity contribution in [3.05, 3.63) is 59.5 Å². The number of aromatic nitrogens is 1. The highest BCUT2D eigenvalue weighted by Gasteiger charge is 2.48.